The van der Waals surface area contributed by atoms with Crippen LogP contribution in [0.1, 0.15) is 18.4 Å². The standard InChI is InChI=1S/C22H22FN5O3/c23-15-7-8-18-16(10-15)22(31)28(13-25-18)12-20(29)26-17-5-2-1-4-14(17)11-27-9-3-6-19(27)21(24)30/h1-2,4-5,7-8,10,13,19H,3,6,9,11-12H2,(H2,24,30)(H,26,29)/t19-/m1/s1. The summed E-state index contributed by atoms with van der Waals surface area (Å²) in [7, 11) is 0. The fourth-order valence-electron chi connectivity index (χ4n) is 3.92. The lowest BCUT2D eigenvalue weighted by molar-refractivity contribution is -0.122. The number of nitrogens with two attached hydrogens (primary N) is 1. The van der Waals surface area contributed by atoms with Crippen molar-refractivity contribution in [2.24, 2.45) is 5.73 Å². The molecule has 4 rings (SSSR count). The molecule has 0 spiro atoms. The van der Waals surface area contributed by atoms with Gasteiger partial charge in [0.05, 0.1) is 23.3 Å². The van der Waals surface area contributed by atoms with Crippen LogP contribution in [0.15, 0.2) is 53.6 Å². The van der Waals surface area contributed by atoms with E-state index >= 15 is 0 Å². The van der Waals surface area contributed by atoms with Crippen LogP contribution >= 0.6 is 0 Å². The molecule has 160 valence electrons. The number of primary amides is 1. The molecule has 0 saturated carbocycles. The number of nitrogens with zero attached hydrogens (tertiary/aromatic N) is 3. The highest BCUT2D eigenvalue weighted by molar-refractivity contribution is 5.91. The summed E-state index contributed by atoms with van der Waals surface area (Å²) >= 11 is 0. The lowest BCUT2D eigenvalue weighted by atomic mass is 10.1. The highest BCUT2D eigenvalue weighted by atomic mass is 19.1. The SMILES string of the molecule is NC(=O)[C@H]1CCCN1Cc1ccccc1NC(=O)Cn1cnc2ccc(F)cc2c1=O. The number of rotatable bonds is 6. The summed E-state index contributed by atoms with van der Waals surface area (Å²) in [5.41, 5.74) is 6.81. The number of halogens is 1. The second-order valence-corrected chi connectivity index (χ2v) is 7.58. The van der Waals surface area contributed by atoms with Gasteiger partial charge in [0.25, 0.3) is 5.56 Å². The van der Waals surface area contributed by atoms with Crippen molar-refractivity contribution in [2.75, 3.05) is 11.9 Å². The fraction of sp³-hybridized carbons (Fsp3) is 0.273. The molecule has 2 aromatic carbocycles. The van der Waals surface area contributed by atoms with E-state index < -0.39 is 17.3 Å². The quantitative estimate of drug-likeness (QED) is 0.626. The largest absolute Gasteiger partial charge is 0.368 e. The zero-order chi connectivity index (χ0) is 22.0. The molecular weight excluding hydrogens is 401 g/mol. The third-order valence-electron chi connectivity index (χ3n) is 5.46. The van der Waals surface area contributed by atoms with E-state index in [1.807, 2.05) is 17.0 Å². The van der Waals surface area contributed by atoms with Crippen molar-refractivity contribution in [3.63, 3.8) is 0 Å². The molecule has 1 aliphatic rings. The van der Waals surface area contributed by atoms with Gasteiger partial charge in [-0.15, -0.1) is 0 Å². The van der Waals surface area contributed by atoms with Gasteiger partial charge >= 0.3 is 0 Å². The number of likely N-dealkylation sites (tertiary alicyclic amines) is 1. The van der Waals surface area contributed by atoms with E-state index in [0.717, 1.165) is 35.6 Å². The van der Waals surface area contributed by atoms with Crippen LogP contribution in [-0.4, -0.2) is 38.9 Å². The first-order chi connectivity index (χ1) is 14.9. The van der Waals surface area contributed by atoms with Gasteiger partial charge in [-0.2, -0.15) is 0 Å². The molecule has 3 N–H and O–H groups in total. The van der Waals surface area contributed by atoms with Gasteiger partial charge in [-0.05, 0) is 49.2 Å². The van der Waals surface area contributed by atoms with Crippen molar-refractivity contribution < 1.29 is 14.0 Å². The first kappa shape index (κ1) is 20.7. The molecule has 1 saturated heterocycles. The molecule has 9 heteroatoms. The molecule has 0 unspecified atom stereocenters. The lowest BCUT2D eigenvalue weighted by Gasteiger charge is -2.23. The van der Waals surface area contributed by atoms with Crippen molar-refractivity contribution in [3.8, 4) is 0 Å². The van der Waals surface area contributed by atoms with Crippen LogP contribution in [0.25, 0.3) is 10.9 Å². The van der Waals surface area contributed by atoms with E-state index in [1.165, 1.54) is 18.5 Å². The van der Waals surface area contributed by atoms with Gasteiger partial charge in [-0.25, -0.2) is 9.37 Å². The topological polar surface area (TPSA) is 110 Å². The maximum Gasteiger partial charge on any atom is 0.261 e. The van der Waals surface area contributed by atoms with Gasteiger partial charge in [0.1, 0.15) is 12.4 Å². The van der Waals surface area contributed by atoms with Crippen LogP contribution in [0, 0.1) is 5.82 Å². The predicted octanol–water partition coefficient (Wildman–Crippen LogP) is 1.62. The number of nitrogens with one attached hydrogen (secondary N) is 1. The molecule has 2 amide bonds. The number of benzene rings is 2. The van der Waals surface area contributed by atoms with Gasteiger partial charge in [0, 0.05) is 12.2 Å². The van der Waals surface area contributed by atoms with Crippen molar-refractivity contribution >= 4 is 28.4 Å². The van der Waals surface area contributed by atoms with E-state index in [9.17, 15) is 18.8 Å². The Morgan fingerprint density at radius 2 is 2.03 bits per heavy atom. The van der Waals surface area contributed by atoms with Gasteiger partial charge in [-0.1, -0.05) is 18.2 Å². The maximum atomic E-state index is 13.5. The van der Waals surface area contributed by atoms with E-state index in [-0.39, 0.29) is 23.9 Å². The fourth-order valence-corrected chi connectivity index (χ4v) is 3.92. The average Bonchev–Trinajstić information content (AvgIpc) is 3.20. The Kier molecular flexibility index (Phi) is 5.77. The highest BCUT2D eigenvalue weighted by Gasteiger charge is 2.29. The van der Waals surface area contributed by atoms with E-state index in [1.54, 1.807) is 12.1 Å². The van der Waals surface area contributed by atoms with Crippen LogP contribution in [-0.2, 0) is 22.7 Å². The van der Waals surface area contributed by atoms with Crippen molar-refractivity contribution in [1.82, 2.24) is 14.5 Å². The van der Waals surface area contributed by atoms with E-state index in [2.05, 4.69) is 10.3 Å². The molecule has 0 aliphatic carbocycles. The Hall–Kier alpha value is -3.59. The minimum atomic E-state index is -0.543. The second kappa shape index (κ2) is 8.65. The number of amides is 2. The summed E-state index contributed by atoms with van der Waals surface area (Å²) in [5.74, 6) is -1.31. The molecule has 1 aliphatic heterocycles. The molecule has 3 aromatic rings. The minimum Gasteiger partial charge on any atom is -0.368 e. The monoisotopic (exact) mass is 423 g/mol. The van der Waals surface area contributed by atoms with Crippen molar-refractivity contribution in [3.05, 3.63) is 70.5 Å². The zero-order valence-corrected chi connectivity index (χ0v) is 16.8. The molecule has 0 radical (unpaired) electrons. The van der Waals surface area contributed by atoms with Gasteiger partial charge in [-0.3, -0.25) is 23.9 Å². The molecule has 8 nitrogen and oxygen atoms in total. The molecule has 2 heterocycles. The Balaban J connectivity index is 1.51. The second-order valence-electron chi connectivity index (χ2n) is 7.58. The maximum absolute atomic E-state index is 13.5. The Morgan fingerprint density at radius 3 is 2.84 bits per heavy atom. The van der Waals surface area contributed by atoms with Crippen LogP contribution in [0.5, 0.6) is 0 Å². The number of fused-ring (bicyclic) bond motifs is 1. The van der Waals surface area contributed by atoms with Crippen LogP contribution in [0.2, 0.25) is 0 Å². The average molecular weight is 423 g/mol. The first-order valence-corrected chi connectivity index (χ1v) is 9.98. The summed E-state index contributed by atoms with van der Waals surface area (Å²) in [5, 5.41) is 2.93. The molecule has 1 atom stereocenters. The molecule has 1 aromatic heterocycles. The van der Waals surface area contributed by atoms with Crippen LogP contribution in [0.4, 0.5) is 10.1 Å². The van der Waals surface area contributed by atoms with Gasteiger partial charge in [0.15, 0.2) is 0 Å². The minimum absolute atomic E-state index is 0.113. The molecule has 31 heavy (non-hydrogen) atoms. The molecular formula is C22H22FN5O3. The Labute approximate surface area is 177 Å². The number of hydrogen-bond acceptors (Lipinski definition) is 5. The van der Waals surface area contributed by atoms with E-state index in [0.29, 0.717) is 17.7 Å². The number of anilines is 1. The Bertz CT molecular complexity index is 1210. The summed E-state index contributed by atoms with van der Waals surface area (Å²) in [6.45, 7) is 0.964. The van der Waals surface area contributed by atoms with Crippen LogP contribution < -0.4 is 16.6 Å². The Morgan fingerprint density at radius 1 is 1.23 bits per heavy atom. The number of carbonyl (C=O) groups excluding carboxylic acids is 2. The van der Waals surface area contributed by atoms with Gasteiger partial charge in [0.2, 0.25) is 11.8 Å². The first-order valence-electron chi connectivity index (χ1n) is 9.98. The number of carbonyl (C=O) groups is 2. The lowest BCUT2D eigenvalue weighted by Crippen LogP contribution is -2.39. The predicted molar refractivity (Wildman–Crippen MR) is 114 cm³/mol. The number of hydrogen-bond donors (Lipinski definition) is 2. The summed E-state index contributed by atoms with van der Waals surface area (Å²) in [6, 6.07) is 10.7. The summed E-state index contributed by atoms with van der Waals surface area (Å²) in [6.07, 6.45) is 2.89. The third kappa shape index (κ3) is 4.46. The third-order valence-corrected chi connectivity index (χ3v) is 5.46. The van der Waals surface area contributed by atoms with Gasteiger partial charge < -0.3 is 11.1 Å². The number of aromatic nitrogens is 2. The molecule has 0 bridgehead atoms. The van der Waals surface area contributed by atoms with Crippen molar-refractivity contribution in [1.29, 1.82) is 0 Å². The van der Waals surface area contributed by atoms with Crippen LogP contribution in [0.3, 0.4) is 0 Å². The zero-order valence-electron chi connectivity index (χ0n) is 16.8. The smallest absolute Gasteiger partial charge is 0.261 e. The molecule has 1 fully saturated rings. The van der Waals surface area contributed by atoms with E-state index in [4.69, 9.17) is 5.73 Å². The summed E-state index contributed by atoms with van der Waals surface area (Å²) in [4.78, 5) is 43.0. The normalized spacial score (nSPS) is 16.5. The summed E-state index contributed by atoms with van der Waals surface area (Å²) < 4.78 is 14.6. The number of para-hydroxylation sites is 1. The van der Waals surface area contributed by atoms with Crippen molar-refractivity contribution in [2.45, 2.75) is 32.0 Å². The highest BCUT2D eigenvalue weighted by Crippen LogP contribution is 2.23.